The van der Waals surface area contributed by atoms with Gasteiger partial charge in [0, 0.05) is 13.1 Å². The molecule has 5 heteroatoms. The minimum atomic E-state index is -0.422. The summed E-state index contributed by atoms with van der Waals surface area (Å²) in [6.45, 7) is 9.68. The normalized spacial score (nSPS) is 19.2. The summed E-state index contributed by atoms with van der Waals surface area (Å²) < 4.78 is 5.26. The lowest BCUT2D eigenvalue weighted by molar-refractivity contribution is -0.0208. The molecule has 1 unspecified atom stereocenters. The van der Waals surface area contributed by atoms with Gasteiger partial charge in [-0.3, -0.25) is 0 Å². The largest absolute Gasteiger partial charge is 0.444 e. The first-order chi connectivity index (χ1) is 7.33. The molecule has 2 N–H and O–H groups in total. The van der Waals surface area contributed by atoms with Crippen molar-refractivity contribution in [3.05, 3.63) is 0 Å². The van der Waals surface area contributed by atoms with Crippen LogP contribution in [0.2, 0.25) is 0 Å². The van der Waals surface area contributed by atoms with Crippen LogP contribution in [0.15, 0.2) is 0 Å². The second-order valence-corrected chi connectivity index (χ2v) is 5.46. The van der Waals surface area contributed by atoms with Crippen molar-refractivity contribution in [1.82, 2.24) is 4.90 Å². The van der Waals surface area contributed by atoms with Crippen molar-refractivity contribution in [2.45, 2.75) is 33.3 Å². The van der Waals surface area contributed by atoms with Crippen LogP contribution in [0.25, 0.3) is 0 Å². The summed E-state index contributed by atoms with van der Waals surface area (Å²) in [6.07, 6.45) is -0.232. The highest BCUT2D eigenvalue weighted by Crippen LogP contribution is 2.25. The number of hydrogen-bond donors (Lipinski definition) is 1. The van der Waals surface area contributed by atoms with Gasteiger partial charge in [0.05, 0.1) is 6.61 Å². The Bertz CT molecular complexity index is 244. The first kappa shape index (κ1) is 13.3. The van der Waals surface area contributed by atoms with Crippen LogP contribution in [-0.2, 0) is 9.57 Å². The van der Waals surface area contributed by atoms with Crippen LogP contribution in [0.4, 0.5) is 4.79 Å². The molecular formula is C11H22N2O3. The van der Waals surface area contributed by atoms with E-state index in [1.165, 1.54) is 0 Å². The highest BCUT2D eigenvalue weighted by atomic mass is 16.6. The molecule has 5 nitrogen and oxygen atoms in total. The van der Waals surface area contributed by atoms with Gasteiger partial charge in [-0.25, -0.2) is 10.7 Å². The Morgan fingerprint density at radius 3 is 2.50 bits per heavy atom. The maximum atomic E-state index is 11.6. The van der Waals surface area contributed by atoms with Crippen LogP contribution in [-0.4, -0.2) is 36.3 Å². The lowest BCUT2D eigenvalue weighted by Crippen LogP contribution is -2.54. The zero-order chi connectivity index (χ0) is 12.3. The average Bonchev–Trinajstić information content (AvgIpc) is 1.97. The van der Waals surface area contributed by atoms with Crippen LogP contribution >= 0.6 is 0 Å². The molecule has 0 radical (unpaired) electrons. The van der Waals surface area contributed by atoms with E-state index in [-0.39, 0.29) is 6.09 Å². The van der Waals surface area contributed by atoms with Gasteiger partial charge < -0.3 is 14.5 Å². The summed E-state index contributed by atoms with van der Waals surface area (Å²) in [7, 11) is 0. The lowest BCUT2D eigenvalue weighted by Gasteiger charge is -2.42. The van der Waals surface area contributed by atoms with E-state index >= 15 is 0 Å². The third-order valence-electron chi connectivity index (χ3n) is 2.73. The molecule has 1 aliphatic heterocycles. The van der Waals surface area contributed by atoms with E-state index in [2.05, 4.69) is 11.8 Å². The van der Waals surface area contributed by atoms with E-state index in [1.807, 2.05) is 20.8 Å². The van der Waals surface area contributed by atoms with Gasteiger partial charge in [-0.15, -0.1) is 0 Å². The van der Waals surface area contributed by atoms with E-state index < -0.39 is 5.60 Å². The maximum Gasteiger partial charge on any atom is 0.410 e. The highest BCUT2D eigenvalue weighted by Gasteiger charge is 2.36. The lowest BCUT2D eigenvalue weighted by atomic mass is 9.88. The first-order valence-electron chi connectivity index (χ1n) is 5.63. The van der Waals surface area contributed by atoms with Gasteiger partial charge >= 0.3 is 6.09 Å². The number of hydrogen-bond acceptors (Lipinski definition) is 4. The zero-order valence-corrected chi connectivity index (χ0v) is 10.5. The summed E-state index contributed by atoms with van der Waals surface area (Å²) in [4.78, 5) is 17.9. The summed E-state index contributed by atoms with van der Waals surface area (Å²) in [6, 6.07) is 0. The molecule has 1 amide bonds. The van der Waals surface area contributed by atoms with Gasteiger partial charge in [-0.05, 0) is 32.6 Å². The van der Waals surface area contributed by atoms with Gasteiger partial charge in [-0.2, -0.15) is 0 Å². The van der Waals surface area contributed by atoms with Crippen molar-refractivity contribution < 1.29 is 14.4 Å². The van der Waals surface area contributed by atoms with E-state index in [4.69, 9.17) is 10.6 Å². The number of nitrogens with two attached hydrogens (primary N) is 1. The fourth-order valence-electron chi connectivity index (χ4n) is 1.64. The molecule has 1 atom stereocenters. The van der Waals surface area contributed by atoms with Crippen LogP contribution in [0, 0.1) is 11.8 Å². The Morgan fingerprint density at radius 2 is 2.06 bits per heavy atom. The van der Waals surface area contributed by atoms with E-state index in [1.54, 1.807) is 4.90 Å². The van der Waals surface area contributed by atoms with Gasteiger partial charge in [0.1, 0.15) is 5.60 Å². The van der Waals surface area contributed by atoms with Crippen LogP contribution < -0.4 is 5.90 Å². The van der Waals surface area contributed by atoms with Crippen LogP contribution in [0.1, 0.15) is 27.7 Å². The molecule has 0 spiro atoms. The van der Waals surface area contributed by atoms with Crippen molar-refractivity contribution in [2.24, 2.45) is 17.7 Å². The Morgan fingerprint density at radius 1 is 1.50 bits per heavy atom. The molecule has 1 aliphatic rings. The topological polar surface area (TPSA) is 64.8 Å². The highest BCUT2D eigenvalue weighted by molar-refractivity contribution is 5.69. The monoisotopic (exact) mass is 230 g/mol. The first-order valence-corrected chi connectivity index (χ1v) is 5.63. The molecule has 1 rings (SSSR count). The third kappa shape index (κ3) is 3.64. The van der Waals surface area contributed by atoms with Gasteiger partial charge in [0.2, 0.25) is 0 Å². The Balaban J connectivity index is 2.28. The van der Waals surface area contributed by atoms with Gasteiger partial charge in [-0.1, -0.05) is 6.92 Å². The molecular weight excluding hydrogens is 208 g/mol. The summed E-state index contributed by atoms with van der Waals surface area (Å²) >= 11 is 0. The molecule has 16 heavy (non-hydrogen) atoms. The van der Waals surface area contributed by atoms with Crippen molar-refractivity contribution in [2.75, 3.05) is 19.7 Å². The smallest absolute Gasteiger partial charge is 0.410 e. The molecule has 0 aromatic rings. The van der Waals surface area contributed by atoms with E-state index in [9.17, 15) is 4.79 Å². The number of carbonyl (C=O) groups excluding carboxylic acids is 1. The number of nitrogens with zero attached hydrogens (tertiary/aromatic N) is 1. The van der Waals surface area contributed by atoms with Crippen molar-refractivity contribution in [3.63, 3.8) is 0 Å². The van der Waals surface area contributed by atoms with E-state index in [0.29, 0.717) is 18.4 Å². The molecule has 0 aromatic carbocycles. The molecule has 1 heterocycles. The standard InChI is InChI=1S/C11H22N2O3/c1-8(7-15-12)9-5-13(6-9)10(14)16-11(2,3)4/h8-9H,5-7,12H2,1-4H3. The molecule has 1 saturated heterocycles. The van der Waals surface area contributed by atoms with E-state index in [0.717, 1.165) is 13.1 Å². The predicted octanol–water partition coefficient (Wildman–Crippen LogP) is 1.38. The third-order valence-corrected chi connectivity index (χ3v) is 2.73. The number of rotatable bonds is 3. The van der Waals surface area contributed by atoms with Crippen molar-refractivity contribution in [3.8, 4) is 0 Å². The maximum absolute atomic E-state index is 11.6. The fourth-order valence-corrected chi connectivity index (χ4v) is 1.64. The Kier molecular flexibility index (Phi) is 4.15. The molecule has 0 aliphatic carbocycles. The average molecular weight is 230 g/mol. The summed E-state index contributed by atoms with van der Waals surface area (Å²) in [5, 5.41) is 0. The SMILES string of the molecule is CC(CON)C1CN(C(=O)OC(C)(C)C)C1. The molecule has 0 bridgehead atoms. The van der Waals surface area contributed by atoms with Crippen LogP contribution in [0.3, 0.4) is 0 Å². The Hall–Kier alpha value is -0.810. The fraction of sp³-hybridized carbons (Fsp3) is 0.909. The van der Waals surface area contributed by atoms with Crippen molar-refractivity contribution >= 4 is 6.09 Å². The van der Waals surface area contributed by atoms with Crippen LogP contribution in [0.5, 0.6) is 0 Å². The Labute approximate surface area is 96.8 Å². The van der Waals surface area contributed by atoms with Gasteiger partial charge in [0.15, 0.2) is 0 Å². The quantitative estimate of drug-likeness (QED) is 0.744. The predicted molar refractivity (Wildman–Crippen MR) is 60.6 cm³/mol. The molecule has 0 aromatic heterocycles. The zero-order valence-electron chi connectivity index (χ0n) is 10.5. The second kappa shape index (κ2) is 5.01. The number of carbonyl (C=O) groups is 1. The second-order valence-electron chi connectivity index (χ2n) is 5.46. The number of ether oxygens (including phenoxy) is 1. The number of likely N-dealkylation sites (tertiary alicyclic amines) is 1. The molecule has 94 valence electrons. The summed E-state index contributed by atoms with van der Waals surface area (Å²) in [5.41, 5.74) is -0.422. The molecule has 1 fully saturated rings. The number of amides is 1. The summed E-state index contributed by atoms with van der Waals surface area (Å²) in [5.74, 6) is 5.87. The minimum absolute atomic E-state index is 0.232. The van der Waals surface area contributed by atoms with Crippen molar-refractivity contribution in [1.29, 1.82) is 0 Å². The van der Waals surface area contributed by atoms with Gasteiger partial charge in [0.25, 0.3) is 0 Å². The minimum Gasteiger partial charge on any atom is -0.444 e. The molecule has 0 saturated carbocycles.